The number of rotatable bonds is 3. The van der Waals surface area contributed by atoms with E-state index in [0.29, 0.717) is 23.7 Å². The highest BCUT2D eigenvalue weighted by molar-refractivity contribution is 8.01. The highest BCUT2D eigenvalue weighted by Crippen LogP contribution is 2.45. The average Bonchev–Trinajstić information content (AvgIpc) is 2.32. The minimum Gasteiger partial charge on any atom is -0.480 e. The lowest BCUT2D eigenvalue weighted by Crippen LogP contribution is -2.38. The molecule has 18 heavy (non-hydrogen) atoms. The first kappa shape index (κ1) is 13.4. The Labute approximate surface area is 111 Å². The van der Waals surface area contributed by atoms with Gasteiger partial charge >= 0.3 is 5.97 Å². The van der Waals surface area contributed by atoms with Gasteiger partial charge in [0.2, 0.25) is 0 Å². The molecule has 1 aliphatic carbocycles. The normalized spacial score (nSPS) is 28.0. The molecule has 1 fully saturated rings. The maximum Gasteiger partial charge on any atom is 0.320 e. The first-order valence-corrected chi connectivity index (χ1v) is 7.01. The molecule has 1 aromatic rings. The summed E-state index contributed by atoms with van der Waals surface area (Å²) in [6.45, 7) is 2.15. The van der Waals surface area contributed by atoms with E-state index in [1.54, 1.807) is 12.1 Å². The van der Waals surface area contributed by atoms with E-state index >= 15 is 0 Å². The summed E-state index contributed by atoms with van der Waals surface area (Å²) in [6.07, 6.45) is 3.17. The minimum atomic E-state index is -0.777. The third-order valence-electron chi connectivity index (χ3n) is 3.58. The molecule has 2 nitrogen and oxygen atoms in total. The lowest BCUT2D eigenvalue weighted by Gasteiger charge is -2.35. The largest absolute Gasteiger partial charge is 0.480 e. The van der Waals surface area contributed by atoms with Crippen LogP contribution in [0.4, 0.5) is 4.39 Å². The molecule has 0 atom stereocenters. The van der Waals surface area contributed by atoms with Gasteiger partial charge in [0.05, 0.1) is 0 Å². The Morgan fingerprint density at radius 2 is 2.11 bits per heavy atom. The lowest BCUT2D eigenvalue weighted by molar-refractivity contribution is -0.141. The smallest absolute Gasteiger partial charge is 0.320 e. The Bertz CT molecular complexity index is 439. The van der Waals surface area contributed by atoms with Gasteiger partial charge in [-0.05, 0) is 49.8 Å². The molecule has 0 radical (unpaired) electrons. The monoisotopic (exact) mass is 268 g/mol. The van der Waals surface area contributed by atoms with Crippen LogP contribution in [-0.2, 0) is 4.79 Å². The second-order valence-electron chi connectivity index (χ2n) is 5.04. The van der Waals surface area contributed by atoms with Crippen molar-refractivity contribution in [3.05, 3.63) is 30.1 Å². The zero-order chi connectivity index (χ0) is 13.2. The van der Waals surface area contributed by atoms with Crippen LogP contribution in [0.3, 0.4) is 0 Å². The molecule has 0 heterocycles. The predicted molar refractivity (Wildman–Crippen MR) is 70.3 cm³/mol. The molecule has 0 amide bonds. The third kappa shape index (κ3) is 2.86. The third-order valence-corrected chi connectivity index (χ3v) is 5.04. The van der Waals surface area contributed by atoms with Crippen molar-refractivity contribution >= 4 is 17.7 Å². The average molecular weight is 268 g/mol. The molecule has 0 saturated heterocycles. The fraction of sp³-hybridized carbons (Fsp3) is 0.500. The van der Waals surface area contributed by atoms with Crippen LogP contribution in [0.25, 0.3) is 0 Å². The van der Waals surface area contributed by atoms with Crippen molar-refractivity contribution in [3.8, 4) is 0 Å². The summed E-state index contributed by atoms with van der Waals surface area (Å²) in [6, 6.07) is 6.18. The Balaban J connectivity index is 2.19. The summed E-state index contributed by atoms with van der Waals surface area (Å²) in [7, 11) is 0. The number of carboxylic acid groups (broad SMARTS) is 1. The van der Waals surface area contributed by atoms with Crippen molar-refractivity contribution in [2.75, 3.05) is 0 Å². The van der Waals surface area contributed by atoms with Gasteiger partial charge in [0.25, 0.3) is 0 Å². The van der Waals surface area contributed by atoms with Gasteiger partial charge in [0.15, 0.2) is 0 Å². The number of hydrogen-bond acceptors (Lipinski definition) is 2. The molecule has 0 aliphatic heterocycles. The van der Waals surface area contributed by atoms with Crippen molar-refractivity contribution < 1.29 is 14.3 Å². The standard InChI is InChI=1S/C14H17FO2S/c1-10-5-7-14(8-6-10,13(16)17)18-12-4-2-3-11(15)9-12/h2-4,9-10H,5-8H2,1H3,(H,16,17). The summed E-state index contributed by atoms with van der Waals surface area (Å²) in [4.78, 5) is 12.3. The van der Waals surface area contributed by atoms with E-state index in [9.17, 15) is 14.3 Å². The molecular weight excluding hydrogens is 251 g/mol. The molecule has 1 N–H and O–H groups in total. The maximum absolute atomic E-state index is 13.1. The number of carbonyl (C=O) groups is 1. The lowest BCUT2D eigenvalue weighted by atomic mass is 9.82. The van der Waals surface area contributed by atoms with Crippen LogP contribution in [0.5, 0.6) is 0 Å². The van der Waals surface area contributed by atoms with Crippen LogP contribution in [0.1, 0.15) is 32.6 Å². The van der Waals surface area contributed by atoms with E-state index in [1.165, 1.54) is 23.9 Å². The molecule has 4 heteroatoms. The number of halogens is 1. The fourth-order valence-electron chi connectivity index (χ4n) is 2.34. The second kappa shape index (κ2) is 5.31. The van der Waals surface area contributed by atoms with E-state index in [-0.39, 0.29) is 5.82 Å². The summed E-state index contributed by atoms with van der Waals surface area (Å²) in [5, 5.41) is 9.49. The van der Waals surface area contributed by atoms with Crippen molar-refractivity contribution in [2.24, 2.45) is 5.92 Å². The summed E-state index contributed by atoms with van der Waals surface area (Å²) in [5.41, 5.74) is 0. The van der Waals surface area contributed by atoms with Crippen LogP contribution in [0.2, 0.25) is 0 Å². The van der Waals surface area contributed by atoms with Crippen molar-refractivity contribution in [1.29, 1.82) is 0 Å². The molecule has 1 aromatic carbocycles. The first-order valence-electron chi connectivity index (χ1n) is 6.20. The van der Waals surface area contributed by atoms with Crippen molar-refractivity contribution in [2.45, 2.75) is 42.2 Å². The zero-order valence-corrected chi connectivity index (χ0v) is 11.2. The van der Waals surface area contributed by atoms with Crippen molar-refractivity contribution in [3.63, 3.8) is 0 Å². The van der Waals surface area contributed by atoms with Crippen LogP contribution in [0, 0.1) is 11.7 Å². The van der Waals surface area contributed by atoms with E-state index in [4.69, 9.17) is 0 Å². The Kier molecular flexibility index (Phi) is 3.95. The summed E-state index contributed by atoms with van der Waals surface area (Å²) in [5.74, 6) is -0.501. The van der Waals surface area contributed by atoms with E-state index in [0.717, 1.165) is 12.8 Å². The Morgan fingerprint density at radius 3 is 2.67 bits per heavy atom. The topological polar surface area (TPSA) is 37.3 Å². The Hall–Kier alpha value is -1.03. The van der Waals surface area contributed by atoms with E-state index in [1.807, 2.05) is 0 Å². The minimum absolute atomic E-state index is 0.315. The molecule has 1 aliphatic rings. The van der Waals surface area contributed by atoms with Crippen LogP contribution in [0.15, 0.2) is 29.2 Å². The number of hydrogen-bond donors (Lipinski definition) is 1. The molecule has 98 valence electrons. The van der Waals surface area contributed by atoms with Crippen LogP contribution >= 0.6 is 11.8 Å². The highest BCUT2D eigenvalue weighted by atomic mass is 32.2. The van der Waals surface area contributed by atoms with Crippen LogP contribution < -0.4 is 0 Å². The van der Waals surface area contributed by atoms with Gasteiger partial charge in [-0.3, -0.25) is 4.79 Å². The zero-order valence-electron chi connectivity index (χ0n) is 10.4. The number of thioether (sulfide) groups is 1. The summed E-state index contributed by atoms with van der Waals surface area (Å²) < 4.78 is 12.4. The van der Waals surface area contributed by atoms with E-state index in [2.05, 4.69) is 6.92 Å². The molecular formula is C14H17FO2S. The summed E-state index contributed by atoms with van der Waals surface area (Å²) >= 11 is 1.30. The fourth-order valence-corrected chi connectivity index (χ4v) is 3.64. The van der Waals surface area contributed by atoms with Gasteiger partial charge in [-0.1, -0.05) is 13.0 Å². The SMILES string of the molecule is CC1CCC(Sc2cccc(F)c2)(C(=O)O)CC1. The van der Waals surface area contributed by atoms with Gasteiger partial charge in [-0.2, -0.15) is 0 Å². The van der Waals surface area contributed by atoms with Gasteiger partial charge in [-0.25, -0.2) is 4.39 Å². The second-order valence-corrected chi connectivity index (χ2v) is 6.50. The highest BCUT2D eigenvalue weighted by Gasteiger charge is 2.42. The molecule has 0 aromatic heterocycles. The maximum atomic E-state index is 13.1. The molecule has 2 rings (SSSR count). The quantitative estimate of drug-likeness (QED) is 0.901. The van der Waals surface area contributed by atoms with Crippen molar-refractivity contribution in [1.82, 2.24) is 0 Å². The first-order chi connectivity index (χ1) is 8.52. The molecule has 0 unspecified atom stereocenters. The number of benzene rings is 1. The molecule has 1 saturated carbocycles. The Morgan fingerprint density at radius 1 is 1.44 bits per heavy atom. The molecule has 0 bridgehead atoms. The van der Waals surface area contributed by atoms with Gasteiger partial charge in [0.1, 0.15) is 10.6 Å². The number of aliphatic carboxylic acids is 1. The predicted octanol–water partition coefficient (Wildman–Crippen LogP) is 3.95. The van der Waals surface area contributed by atoms with Gasteiger partial charge < -0.3 is 5.11 Å². The van der Waals surface area contributed by atoms with Gasteiger partial charge in [-0.15, -0.1) is 11.8 Å². The van der Waals surface area contributed by atoms with Crippen LogP contribution in [-0.4, -0.2) is 15.8 Å². The van der Waals surface area contributed by atoms with Gasteiger partial charge in [0, 0.05) is 4.90 Å². The number of carboxylic acids is 1. The van der Waals surface area contributed by atoms with E-state index < -0.39 is 10.7 Å². The molecule has 0 spiro atoms.